The number of hydrogen-bond donors (Lipinski definition) is 3. The van der Waals surface area contributed by atoms with Crippen LogP contribution in [-0.4, -0.2) is 47.4 Å². The summed E-state index contributed by atoms with van der Waals surface area (Å²) in [5.74, 6) is -0.0382. The third-order valence-electron chi connectivity index (χ3n) is 18.5. The SMILES string of the molecule is CCCCCCCCCCCCCCCCCCC/C=C/C(O)C(CO)NC(=O)CCCCCCCCCCCCCCCCCC/C=C\CCCCCCCCCCCCCCOC(=O)CCCCCCCCCCCCCCCCCCC. The van der Waals surface area contributed by atoms with E-state index in [-0.39, 0.29) is 18.5 Å². The lowest BCUT2D eigenvalue weighted by molar-refractivity contribution is -0.143. The molecule has 2 unspecified atom stereocenters. The molecule has 0 aromatic rings. The highest BCUT2D eigenvalue weighted by molar-refractivity contribution is 5.76. The zero-order chi connectivity index (χ0) is 61.3. The molecule has 0 rings (SSSR count). The number of esters is 1. The van der Waals surface area contributed by atoms with Crippen LogP contribution in [0.25, 0.3) is 0 Å². The molecule has 0 aliphatic heterocycles. The van der Waals surface area contributed by atoms with E-state index in [1.165, 1.54) is 379 Å². The van der Waals surface area contributed by atoms with Gasteiger partial charge in [-0.15, -0.1) is 0 Å². The minimum atomic E-state index is -0.843. The minimum absolute atomic E-state index is 0.0229. The van der Waals surface area contributed by atoms with E-state index in [2.05, 4.69) is 31.3 Å². The van der Waals surface area contributed by atoms with Crippen LogP contribution in [0.15, 0.2) is 24.3 Å². The van der Waals surface area contributed by atoms with Gasteiger partial charge in [0.15, 0.2) is 0 Å². The summed E-state index contributed by atoms with van der Waals surface area (Å²) in [5.41, 5.74) is 0. The number of carbonyl (C=O) groups is 2. The van der Waals surface area contributed by atoms with Gasteiger partial charge in [0, 0.05) is 12.8 Å². The fourth-order valence-corrected chi connectivity index (χ4v) is 12.5. The monoisotopic (exact) mass is 1200 g/mol. The first-order valence-electron chi connectivity index (χ1n) is 39.1. The molecule has 0 aliphatic carbocycles. The Bertz CT molecular complexity index is 1330. The van der Waals surface area contributed by atoms with E-state index in [1.807, 2.05) is 6.08 Å². The molecule has 0 fully saturated rings. The Balaban J connectivity index is 3.36. The van der Waals surface area contributed by atoms with Crippen LogP contribution in [0.4, 0.5) is 0 Å². The molecule has 0 spiro atoms. The molecule has 85 heavy (non-hydrogen) atoms. The number of aliphatic hydroxyl groups excluding tert-OH is 2. The zero-order valence-corrected chi connectivity index (χ0v) is 57.9. The number of amides is 1. The van der Waals surface area contributed by atoms with Crippen molar-refractivity contribution in [3.8, 4) is 0 Å². The Kier molecular flexibility index (Phi) is 73.3. The van der Waals surface area contributed by atoms with Crippen LogP contribution in [0.3, 0.4) is 0 Å². The van der Waals surface area contributed by atoms with Crippen molar-refractivity contribution in [3.63, 3.8) is 0 Å². The van der Waals surface area contributed by atoms with Crippen molar-refractivity contribution in [2.24, 2.45) is 0 Å². The Morgan fingerprint density at radius 1 is 0.318 bits per heavy atom. The summed E-state index contributed by atoms with van der Waals surface area (Å²) in [5, 5.41) is 23.3. The fraction of sp³-hybridized carbons (Fsp3) is 0.924. The average molecular weight is 1200 g/mol. The van der Waals surface area contributed by atoms with E-state index >= 15 is 0 Å². The Hall–Kier alpha value is -1.66. The average Bonchev–Trinajstić information content (AvgIpc) is 3.51. The first kappa shape index (κ1) is 83.3. The van der Waals surface area contributed by atoms with Crippen LogP contribution in [0.2, 0.25) is 0 Å². The Morgan fingerprint density at radius 3 is 0.835 bits per heavy atom. The molecule has 0 radical (unpaired) electrons. The van der Waals surface area contributed by atoms with Crippen molar-refractivity contribution < 1.29 is 24.5 Å². The highest BCUT2D eigenvalue weighted by Crippen LogP contribution is 2.20. The van der Waals surface area contributed by atoms with Gasteiger partial charge in [-0.05, 0) is 57.8 Å². The van der Waals surface area contributed by atoms with E-state index in [9.17, 15) is 19.8 Å². The number of rotatable bonds is 74. The lowest BCUT2D eigenvalue weighted by Crippen LogP contribution is -2.45. The second-order valence-corrected chi connectivity index (χ2v) is 27.0. The predicted octanol–water partition coefficient (Wildman–Crippen LogP) is 25.7. The van der Waals surface area contributed by atoms with Gasteiger partial charge in [0.05, 0.1) is 25.4 Å². The molecule has 3 N–H and O–H groups in total. The maximum Gasteiger partial charge on any atom is 0.305 e. The minimum Gasteiger partial charge on any atom is -0.466 e. The first-order valence-corrected chi connectivity index (χ1v) is 39.1. The van der Waals surface area contributed by atoms with E-state index in [0.29, 0.717) is 19.4 Å². The molecule has 0 aromatic heterocycles. The van der Waals surface area contributed by atoms with Crippen molar-refractivity contribution in [1.29, 1.82) is 0 Å². The summed E-state index contributed by atoms with van der Waals surface area (Å²) in [4.78, 5) is 24.6. The number of allylic oxidation sites excluding steroid dienone is 3. The molecular weight excluding hydrogens is 1040 g/mol. The summed E-state index contributed by atoms with van der Waals surface area (Å²) in [6.07, 6.45) is 95.8. The number of carbonyl (C=O) groups excluding carboxylic acids is 2. The van der Waals surface area contributed by atoms with Crippen LogP contribution in [0.5, 0.6) is 0 Å². The van der Waals surface area contributed by atoms with E-state index < -0.39 is 12.1 Å². The third kappa shape index (κ3) is 71.3. The maximum atomic E-state index is 12.5. The van der Waals surface area contributed by atoms with Gasteiger partial charge in [0.2, 0.25) is 5.91 Å². The fourth-order valence-electron chi connectivity index (χ4n) is 12.5. The van der Waals surface area contributed by atoms with Gasteiger partial charge >= 0.3 is 5.97 Å². The molecule has 6 nitrogen and oxygen atoms in total. The van der Waals surface area contributed by atoms with Crippen molar-refractivity contribution in [1.82, 2.24) is 5.32 Å². The normalized spacial score (nSPS) is 12.6. The zero-order valence-electron chi connectivity index (χ0n) is 57.9. The van der Waals surface area contributed by atoms with Gasteiger partial charge in [-0.1, -0.05) is 398 Å². The lowest BCUT2D eigenvalue weighted by Gasteiger charge is -2.20. The largest absolute Gasteiger partial charge is 0.466 e. The van der Waals surface area contributed by atoms with Gasteiger partial charge in [0.25, 0.3) is 0 Å². The summed E-state index contributed by atoms with van der Waals surface area (Å²) >= 11 is 0. The molecular formula is C79H153NO5. The van der Waals surface area contributed by atoms with Gasteiger partial charge < -0.3 is 20.3 Å². The molecule has 0 saturated carbocycles. The van der Waals surface area contributed by atoms with Crippen molar-refractivity contribution in [3.05, 3.63) is 24.3 Å². The molecule has 504 valence electrons. The van der Waals surface area contributed by atoms with Crippen molar-refractivity contribution in [2.45, 2.75) is 456 Å². The summed E-state index contributed by atoms with van der Waals surface area (Å²) in [6, 6.07) is -0.626. The molecule has 0 aliphatic rings. The predicted molar refractivity (Wildman–Crippen MR) is 375 cm³/mol. The maximum absolute atomic E-state index is 12.5. The highest BCUT2D eigenvalue weighted by Gasteiger charge is 2.18. The number of ether oxygens (including phenoxy) is 1. The Labute approximate surface area is 532 Å². The summed E-state index contributed by atoms with van der Waals surface area (Å²) in [7, 11) is 0. The highest BCUT2D eigenvalue weighted by atomic mass is 16.5. The molecule has 2 atom stereocenters. The van der Waals surface area contributed by atoms with Crippen LogP contribution >= 0.6 is 0 Å². The third-order valence-corrected chi connectivity index (χ3v) is 18.5. The number of unbranched alkanes of at least 4 members (excludes halogenated alkanes) is 61. The quantitative estimate of drug-likeness (QED) is 0.0320. The van der Waals surface area contributed by atoms with Crippen molar-refractivity contribution >= 4 is 11.9 Å². The second-order valence-electron chi connectivity index (χ2n) is 27.0. The van der Waals surface area contributed by atoms with Crippen LogP contribution < -0.4 is 5.32 Å². The van der Waals surface area contributed by atoms with Gasteiger partial charge in [-0.3, -0.25) is 9.59 Å². The van der Waals surface area contributed by atoms with Crippen molar-refractivity contribution in [2.75, 3.05) is 13.2 Å². The lowest BCUT2D eigenvalue weighted by atomic mass is 10.0. The van der Waals surface area contributed by atoms with E-state index in [0.717, 1.165) is 38.5 Å². The topological polar surface area (TPSA) is 95.9 Å². The Morgan fingerprint density at radius 2 is 0.553 bits per heavy atom. The summed E-state index contributed by atoms with van der Waals surface area (Å²) < 4.78 is 5.51. The summed E-state index contributed by atoms with van der Waals surface area (Å²) in [6.45, 7) is 4.96. The standard InChI is InChI=1S/C79H153NO5/c1-3-5-7-9-11-13-15-17-19-21-36-40-43-47-51-55-59-63-67-71-77(82)76(75-81)80-78(83)72-68-64-60-56-52-48-44-41-37-34-32-30-28-26-24-22-23-25-27-29-31-33-35-38-42-46-50-54-58-62-66-70-74-85-79(84)73-69-65-61-57-53-49-45-39-20-18-16-14-12-10-8-6-4-2/h25,27,67,71,76-77,81-82H,3-24,26,28-66,68-70,72-75H2,1-2H3,(H,80,83)/b27-25-,71-67+. The smallest absolute Gasteiger partial charge is 0.305 e. The molecule has 0 bridgehead atoms. The van der Waals surface area contributed by atoms with E-state index in [1.54, 1.807) is 6.08 Å². The van der Waals surface area contributed by atoms with Gasteiger partial charge in [0.1, 0.15) is 0 Å². The first-order chi connectivity index (χ1) is 42.0. The van der Waals surface area contributed by atoms with Gasteiger partial charge in [-0.2, -0.15) is 0 Å². The number of nitrogens with one attached hydrogen (secondary N) is 1. The number of hydrogen-bond acceptors (Lipinski definition) is 5. The van der Waals surface area contributed by atoms with Crippen LogP contribution in [0.1, 0.15) is 444 Å². The second kappa shape index (κ2) is 74.8. The molecule has 0 aromatic carbocycles. The number of aliphatic hydroxyl groups is 2. The molecule has 0 saturated heterocycles. The van der Waals surface area contributed by atoms with Crippen LogP contribution in [-0.2, 0) is 14.3 Å². The molecule has 0 heterocycles. The van der Waals surface area contributed by atoms with Crippen LogP contribution in [0, 0.1) is 0 Å². The molecule has 1 amide bonds. The molecule has 6 heteroatoms. The van der Waals surface area contributed by atoms with E-state index in [4.69, 9.17) is 4.74 Å². The van der Waals surface area contributed by atoms with Gasteiger partial charge in [-0.25, -0.2) is 0 Å².